The van der Waals surface area contributed by atoms with Gasteiger partial charge in [0, 0.05) is 38.8 Å². The quantitative estimate of drug-likeness (QED) is 0.214. The van der Waals surface area contributed by atoms with E-state index in [9.17, 15) is 0 Å². The molecule has 0 unspecified atom stereocenters. The fraction of sp³-hybridized carbons (Fsp3) is 0. The Morgan fingerprint density at radius 1 is 0.436 bits per heavy atom. The lowest BCUT2D eigenvalue weighted by atomic mass is 9.42. The molecule has 0 saturated heterocycles. The van der Waals surface area contributed by atoms with Gasteiger partial charge in [0.05, 0.1) is 0 Å². The average molecular weight is 495 g/mol. The molecule has 0 bridgehead atoms. The first kappa shape index (κ1) is 21.0. The summed E-state index contributed by atoms with van der Waals surface area (Å²) in [4.78, 5) is 2.55. The zero-order valence-corrected chi connectivity index (χ0v) is 21.1. The van der Waals surface area contributed by atoms with Crippen molar-refractivity contribution < 1.29 is 4.42 Å². The van der Waals surface area contributed by atoms with Crippen molar-refractivity contribution in [3.05, 3.63) is 133 Å². The molecule has 0 N–H and O–H groups in total. The van der Waals surface area contributed by atoms with Gasteiger partial charge in [-0.15, -0.1) is 0 Å². The van der Waals surface area contributed by atoms with Crippen molar-refractivity contribution in [2.45, 2.75) is 0 Å². The molecule has 6 aromatic carbocycles. The number of para-hydroxylation sites is 4. The molecule has 0 saturated carbocycles. The molecule has 0 amide bonds. The van der Waals surface area contributed by atoms with E-state index in [2.05, 4.69) is 132 Å². The Hall–Kier alpha value is -5.02. The van der Waals surface area contributed by atoms with E-state index < -0.39 is 0 Å². The minimum atomic E-state index is 0.0387. The van der Waals surface area contributed by atoms with Gasteiger partial charge in [0.25, 0.3) is 0 Å². The number of hydrogen-bond donors (Lipinski definition) is 0. The zero-order valence-electron chi connectivity index (χ0n) is 21.1. The monoisotopic (exact) mass is 495 g/mol. The fourth-order valence-electron chi connectivity index (χ4n) is 6.92. The van der Waals surface area contributed by atoms with Crippen LogP contribution in [0.2, 0.25) is 0 Å². The molecule has 180 valence electrons. The number of hydrogen-bond acceptors (Lipinski definition) is 2. The van der Waals surface area contributed by atoms with Gasteiger partial charge in [0.15, 0.2) is 0 Å². The third kappa shape index (κ3) is 2.77. The van der Waals surface area contributed by atoms with Gasteiger partial charge in [-0.05, 0) is 45.8 Å². The first-order valence-corrected chi connectivity index (χ1v) is 13.5. The predicted molar refractivity (Wildman–Crippen MR) is 164 cm³/mol. The highest BCUT2D eigenvalue weighted by Crippen LogP contribution is 2.47. The van der Waals surface area contributed by atoms with Crippen LogP contribution >= 0.6 is 0 Å². The van der Waals surface area contributed by atoms with E-state index in [0.717, 1.165) is 27.5 Å². The second-order valence-corrected chi connectivity index (χ2v) is 10.4. The second kappa shape index (κ2) is 7.75. The smallest absolute Gasteiger partial charge is 0.330 e. The van der Waals surface area contributed by atoms with E-state index >= 15 is 0 Å². The third-order valence-electron chi connectivity index (χ3n) is 8.50. The number of furan rings is 1. The average Bonchev–Trinajstić information content (AvgIpc) is 3.39. The molecule has 9 rings (SSSR count). The molecule has 39 heavy (non-hydrogen) atoms. The van der Waals surface area contributed by atoms with Crippen LogP contribution in [0.5, 0.6) is 0 Å². The van der Waals surface area contributed by atoms with E-state index in [4.69, 9.17) is 4.42 Å². The van der Waals surface area contributed by atoms with Gasteiger partial charge in [0.1, 0.15) is 11.2 Å². The van der Waals surface area contributed by atoms with Crippen LogP contribution < -0.4 is 15.7 Å². The van der Waals surface area contributed by atoms with E-state index in [1.54, 1.807) is 0 Å². The van der Waals surface area contributed by atoms with Crippen molar-refractivity contribution >= 4 is 51.1 Å². The van der Waals surface area contributed by atoms with Crippen LogP contribution in [0.25, 0.3) is 55.3 Å². The number of rotatable bonds is 1. The molecule has 2 aliphatic heterocycles. The molecule has 0 fully saturated rings. The van der Waals surface area contributed by atoms with Crippen molar-refractivity contribution in [3.63, 3.8) is 0 Å². The molecule has 0 radical (unpaired) electrons. The fourth-order valence-corrected chi connectivity index (χ4v) is 6.92. The van der Waals surface area contributed by atoms with E-state index in [1.165, 1.54) is 50.1 Å². The molecule has 0 atom stereocenters. The molecule has 3 heteroatoms. The molecule has 1 aromatic heterocycles. The summed E-state index contributed by atoms with van der Waals surface area (Å²) in [6.07, 6.45) is 0. The van der Waals surface area contributed by atoms with Crippen LogP contribution in [-0.2, 0) is 0 Å². The lowest BCUT2D eigenvalue weighted by Gasteiger charge is -2.44. The van der Waals surface area contributed by atoms with Gasteiger partial charge in [-0.1, -0.05) is 115 Å². The molecular weight excluding hydrogens is 473 g/mol. The molecule has 2 nitrogen and oxygen atoms in total. The number of fused-ring (bicyclic) bond motifs is 14. The maximum atomic E-state index is 6.55. The minimum Gasteiger partial charge on any atom is -0.455 e. The summed E-state index contributed by atoms with van der Waals surface area (Å²) in [5, 5.41) is 2.31. The van der Waals surface area contributed by atoms with Gasteiger partial charge < -0.3 is 9.23 Å². The van der Waals surface area contributed by atoms with Crippen LogP contribution in [-0.4, -0.2) is 6.85 Å². The summed E-state index contributed by atoms with van der Waals surface area (Å²) in [5.41, 5.74) is 14.5. The largest absolute Gasteiger partial charge is 0.455 e. The molecule has 0 aliphatic carbocycles. The van der Waals surface area contributed by atoms with E-state index in [1.807, 2.05) is 6.07 Å². The standard InChI is InChI=1S/C36H22BNO/c1-5-19-31-23(11-1)24-12-2-6-20-32(24)38-33-21-7-3-13-25(33)27-15-9-16-28(35(27)37(31)38)30-18-10-17-29-26-14-4-8-22-34(26)39-36(29)30/h1-22H. The first-order chi connectivity index (χ1) is 19.4. The molecule has 7 aromatic rings. The van der Waals surface area contributed by atoms with Gasteiger partial charge in [0.2, 0.25) is 0 Å². The number of benzene rings is 6. The van der Waals surface area contributed by atoms with Crippen LogP contribution in [0.4, 0.5) is 11.4 Å². The molecule has 0 spiro atoms. The summed E-state index contributed by atoms with van der Waals surface area (Å²) in [7, 11) is 0. The molecule has 2 aliphatic rings. The summed E-state index contributed by atoms with van der Waals surface area (Å²) < 4.78 is 6.55. The Morgan fingerprint density at radius 2 is 0.974 bits per heavy atom. The maximum Gasteiger partial charge on any atom is 0.330 e. The van der Waals surface area contributed by atoms with Crippen molar-refractivity contribution in [2.24, 2.45) is 0 Å². The highest BCUT2D eigenvalue weighted by Gasteiger charge is 2.43. The topological polar surface area (TPSA) is 16.4 Å². The Kier molecular flexibility index (Phi) is 4.17. The SMILES string of the molecule is c1ccc2c(c1)B1c3c(cccc3-c3cccc4c3oc3ccccc34)-c3ccccc3N1c1ccccc1-2. The molecule has 3 heterocycles. The van der Waals surface area contributed by atoms with Crippen molar-refractivity contribution in [2.75, 3.05) is 4.81 Å². The Balaban J connectivity index is 1.42. The van der Waals surface area contributed by atoms with Gasteiger partial charge in [-0.2, -0.15) is 0 Å². The maximum absolute atomic E-state index is 6.55. The van der Waals surface area contributed by atoms with Crippen LogP contribution in [0, 0.1) is 0 Å². The Morgan fingerprint density at radius 3 is 1.79 bits per heavy atom. The van der Waals surface area contributed by atoms with Crippen LogP contribution in [0.15, 0.2) is 138 Å². The molecular formula is C36H22BNO. The van der Waals surface area contributed by atoms with Crippen molar-refractivity contribution in [3.8, 4) is 33.4 Å². The Labute approximate surface area is 226 Å². The summed E-state index contributed by atoms with van der Waals surface area (Å²) in [5.74, 6) is 0. The van der Waals surface area contributed by atoms with E-state index in [-0.39, 0.29) is 6.85 Å². The normalized spacial score (nSPS) is 13.0. The zero-order chi connectivity index (χ0) is 25.5. The highest BCUT2D eigenvalue weighted by atomic mass is 16.3. The van der Waals surface area contributed by atoms with Crippen LogP contribution in [0.1, 0.15) is 0 Å². The lowest BCUT2D eigenvalue weighted by Crippen LogP contribution is -2.60. The van der Waals surface area contributed by atoms with Crippen LogP contribution in [0.3, 0.4) is 0 Å². The first-order valence-electron chi connectivity index (χ1n) is 13.5. The highest BCUT2D eigenvalue weighted by molar-refractivity contribution is 6.93. The second-order valence-electron chi connectivity index (χ2n) is 10.4. The van der Waals surface area contributed by atoms with Crippen molar-refractivity contribution in [1.29, 1.82) is 0 Å². The summed E-state index contributed by atoms with van der Waals surface area (Å²) in [6, 6.07) is 48.2. The summed E-state index contributed by atoms with van der Waals surface area (Å²) >= 11 is 0. The third-order valence-corrected chi connectivity index (χ3v) is 8.50. The predicted octanol–water partition coefficient (Wildman–Crippen LogP) is 8.16. The van der Waals surface area contributed by atoms with Gasteiger partial charge in [-0.25, -0.2) is 0 Å². The number of anilines is 2. The number of nitrogens with zero attached hydrogens (tertiary/aromatic N) is 1. The van der Waals surface area contributed by atoms with Gasteiger partial charge >= 0.3 is 6.85 Å². The lowest BCUT2D eigenvalue weighted by molar-refractivity contribution is 0.670. The Bertz CT molecular complexity index is 2110. The summed E-state index contributed by atoms with van der Waals surface area (Å²) in [6.45, 7) is 0.0387. The van der Waals surface area contributed by atoms with E-state index in [0.29, 0.717) is 0 Å². The minimum absolute atomic E-state index is 0.0387. The van der Waals surface area contributed by atoms with Crippen molar-refractivity contribution in [1.82, 2.24) is 0 Å². The van der Waals surface area contributed by atoms with Gasteiger partial charge in [-0.3, -0.25) is 0 Å².